The molecule has 0 radical (unpaired) electrons. The van der Waals surface area contributed by atoms with Gasteiger partial charge < -0.3 is 5.32 Å². The van der Waals surface area contributed by atoms with Crippen molar-refractivity contribution in [1.82, 2.24) is 9.62 Å². The Morgan fingerprint density at radius 2 is 1.84 bits per heavy atom. The highest BCUT2D eigenvalue weighted by molar-refractivity contribution is 7.89. The van der Waals surface area contributed by atoms with Crippen molar-refractivity contribution in [2.24, 2.45) is 5.92 Å². The number of hydrogen-bond donors (Lipinski definition) is 1. The van der Waals surface area contributed by atoms with E-state index in [1.165, 1.54) is 22.0 Å². The minimum Gasteiger partial charge on any atom is -0.349 e. The third-order valence-electron chi connectivity index (χ3n) is 5.82. The van der Waals surface area contributed by atoms with E-state index in [0.29, 0.717) is 12.8 Å². The monoisotopic (exact) mass is 479 g/mol. The van der Waals surface area contributed by atoms with Crippen molar-refractivity contribution in [3.8, 4) is 0 Å². The Morgan fingerprint density at radius 1 is 1.22 bits per heavy atom. The Labute approximate surface area is 192 Å². The number of nitrogens with one attached hydrogen (secondary N) is 1. The maximum Gasteiger partial charge on any atom is 0.289 e. The smallest absolute Gasteiger partial charge is 0.289 e. The number of benzene rings is 2. The minimum absolute atomic E-state index is 0.101. The summed E-state index contributed by atoms with van der Waals surface area (Å²) < 4.78 is 27.1. The number of aryl methyl sites for hydroxylation is 1. The summed E-state index contributed by atoms with van der Waals surface area (Å²) in [6.45, 7) is 4.33. The SMILES string of the molecule is CCc1ccc(C(C)NC(=O)C2CCN(S(=O)(=O)c3ccc(Cl)c([N+](=O)[O-])c3)CC2)cc1. The van der Waals surface area contributed by atoms with Crippen LogP contribution in [-0.4, -0.2) is 36.6 Å². The molecule has 1 N–H and O–H groups in total. The van der Waals surface area contributed by atoms with Crippen LogP contribution in [0, 0.1) is 16.0 Å². The number of halogens is 1. The van der Waals surface area contributed by atoms with Gasteiger partial charge in [0.15, 0.2) is 0 Å². The first-order valence-corrected chi connectivity index (χ1v) is 12.3. The van der Waals surface area contributed by atoms with Gasteiger partial charge in [0.05, 0.1) is 15.9 Å². The summed E-state index contributed by atoms with van der Waals surface area (Å²) in [5.74, 6) is -0.394. The van der Waals surface area contributed by atoms with Crippen molar-refractivity contribution in [1.29, 1.82) is 0 Å². The molecule has 0 aromatic heterocycles. The van der Waals surface area contributed by atoms with Gasteiger partial charge in [-0.05, 0) is 49.4 Å². The van der Waals surface area contributed by atoms with Crippen LogP contribution < -0.4 is 5.32 Å². The average Bonchev–Trinajstić information content (AvgIpc) is 2.79. The normalized spacial score (nSPS) is 16.5. The number of nitro groups is 1. The van der Waals surface area contributed by atoms with Gasteiger partial charge in [-0.25, -0.2) is 8.42 Å². The van der Waals surface area contributed by atoms with Gasteiger partial charge in [0.1, 0.15) is 5.02 Å². The van der Waals surface area contributed by atoms with Crippen LogP contribution in [0.2, 0.25) is 5.02 Å². The first-order chi connectivity index (χ1) is 15.1. The number of rotatable bonds is 7. The molecule has 32 heavy (non-hydrogen) atoms. The van der Waals surface area contributed by atoms with Gasteiger partial charge in [-0.3, -0.25) is 14.9 Å². The molecule has 172 valence electrons. The molecule has 1 amide bonds. The first kappa shape index (κ1) is 24.2. The van der Waals surface area contributed by atoms with Gasteiger partial charge in [-0.15, -0.1) is 0 Å². The van der Waals surface area contributed by atoms with Crippen molar-refractivity contribution in [2.45, 2.75) is 44.0 Å². The Morgan fingerprint density at radius 3 is 2.41 bits per heavy atom. The van der Waals surface area contributed by atoms with E-state index < -0.39 is 20.6 Å². The highest BCUT2D eigenvalue weighted by atomic mass is 35.5. The quantitative estimate of drug-likeness (QED) is 0.475. The van der Waals surface area contributed by atoms with Crippen LogP contribution in [-0.2, 0) is 21.2 Å². The molecule has 2 aromatic carbocycles. The van der Waals surface area contributed by atoms with E-state index in [0.717, 1.165) is 18.1 Å². The predicted molar refractivity (Wildman–Crippen MR) is 122 cm³/mol. The lowest BCUT2D eigenvalue weighted by Gasteiger charge is -2.31. The summed E-state index contributed by atoms with van der Waals surface area (Å²) in [6.07, 6.45) is 1.70. The molecule has 0 saturated carbocycles. The number of hydrogen-bond acceptors (Lipinski definition) is 5. The van der Waals surface area contributed by atoms with E-state index in [-0.39, 0.29) is 40.9 Å². The summed E-state index contributed by atoms with van der Waals surface area (Å²) in [7, 11) is -3.92. The van der Waals surface area contributed by atoms with Crippen LogP contribution in [0.25, 0.3) is 0 Å². The molecule has 1 unspecified atom stereocenters. The Hall–Kier alpha value is -2.49. The predicted octanol–water partition coefficient (Wildman–Crippen LogP) is 4.09. The number of piperidine rings is 1. The fourth-order valence-corrected chi connectivity index (χ4v) is 5.43. The molecule has 1 aliphatic rings. The summed E-state index contributed by atoms with van der Waals surface area (Å²) in [4.78, 5) is 22.9. The van der Waals surface area contributed by atoms with E-state index in [1.54, 1.807) is 0 Å². The fraction of sp³-hybridized carbons (Fsp3) is 0.409. The second-order valence-corrected chi connectivity index (χ2v) is 10.2. The van der Waals surface area contributed by atoms with Gasteiger partial charge in [0, 0.05) is 25.1 Å². The zero-order valence-corrected chi connectivity index (χ0v) is 19.5. The van der Waals surface area contributed by atoms with Crippen molar-refractivity contribution in [3.63, 3.8) is 0 Å². The van der Waals surface area contributed by atoms with Crippen LogP contribution in [0.3, 0.4) is 0 Å². The summed E-state index contributed by atoms with van der Waals surface area (Å²) in [5, 5.41) is 14.0. The third-order valence-corrected chi connectivity index (χ3v) is 8.04. The average molecular weight is 480 g/mol. The molecular formula is C22H26ClN3O5S. The maximum atomic E-state index is 12.9. The van der Waals surface area contributed by atoms with E-state index in [9.17, 15) is 23.3 Å². The number of carbonyl (C=O) groups excluding carboxylic acids is 1. The van der Waals surface area contributed by atoms with Crippen LogP contribution >= 0.6 is 11.6 Å². The molecule has 1 atom stereocenters. The van der Waals surface area contributed by atoms with Crippen LogP contribution in [0.15, 0.2) is 47.4 Å². The van der Waals surface area contributed by atoms with Crippen LogP contribution in [0.5, 0.6) is 0 Å². The number of amides is 1. The minimum atomic E-state index is -3.92. The molecule has 0 spiro atoms. The van der Waals surface area contributed by atoms with E-state index in [1.807, 2.05) is 31.2 Å². The van der Waals surface area contributed by atoms with E-state index in [2.05, 4.69) is 12.2 Å². The molecule has 1 saturated heterocycles. The molecule has 0 bridgehead atoms. The van der Waals surface area contributed by atoms with Crippen LogP contribution in [0.1, 0.15) is 43.9 Å². The van der Waals surface area contributed by atoms with Gasteiger partial charge in [0.25, 0.3) is 5.69 Å². The van der Waals surface area contributed by atoms with Crippen molar-refractivity contribution < 1.29 is 18.1 Å². The lowest BCUT2D eigenvalue weighted by atomic mass is 9.96. The summed E-state index contributed by atoms with van der Waals surface area (Å²) >= 11 is 5.79. The second kappa shape index (κ2) is 9.97. The molecule has 3 rings (SSSR count). The third kappa shape index (κ3) is 5.28. The number of nitrogens with zero attached hydrogens (tertiary/aromatic N) is 2. The van der Waals surface area contributed by atoms with Crippen molar-refractivity contribution >= 4 is 33.2 Å². The molecule has 1 aliphatic heterocycles. The Kier molecular flexibility index (Phi) is 7.53. The number of carbonyl (C=O) groups is 1. The molecule has 2 aromatic rings. The Balaban J connectivity index is 1.62. The first-order valence-electron chi connectivity index (χ1n) is 10.5. The lowest BCUT2D eigenvalue weighted by Crippen LogP contribution is -2.43. The molecule has 1 fully saturated rings. The van der Waals surface area contributed by atoms with Crippen LogP contribution in [0.4, 0.5) is 5.69 Å². The van der Waals surface area contributed by atoms with E-state index in [4.69, 9.17) is 11.6 Å². The highest BCUT2D eigenvalue weighted by Gasteiger charge is 2.33. The summed E-state index contributed by atoms with van der Waals surface area (Å²) in [5.41, 5.74) is 1.79. The highest BCUT2D eigenvalue weighted by Crippen LogP contribution is 2.30. The van der Waals surface area contributed by atoms with E-state index >= 15 is 0 Å². The maximum absolute atomic E-state index is 12.9. The number of nitro benzene ring substituents is 1. The molecular weight excluding hydrogens is 454 g/mol. The largest absolute Gasteiger partial charge is 0.349 e. The molecule has 8 nitrogen and oxygen atoms in total. The summed E-state index contributed by atoms with van der Waals surface area (Å²) in [6, 6.07) is 11.4. The molecule has 0 aliphatic carbocycles. The zero-order valence-electron chi connectivity index (χ0n) is 18.0. The van der Waals surface area contributed by atoms with Gasteiger partial charge in [-0.1, -0.05) is 42.8 Å². The van der Waals surface area contributed by atoms with Crippen molar-refractivity contribution in [2.75, 3.05) is 13.1 Å². The van der Waals surface area contributed by atoms with Gasteiger partial charge >= 0.3 is 0 Å². The standard InChI is InChI=1S/C22H26ClN3O5S/c1-3-16-4-6-17(7-5-16)15(2)24-22(27)18-10-12-25(13-11-18)32(30,31)19-8-9-20(23)21(14-19)26(28)29/h4-9,14-15,18H,3,10-13H2,1-2H3,(H,24,27). The molecule has 1 heterocycles. The number of sulfonamides is 1. The molecule has 10 heteroatoms. The fourth-order valence-electron chi connectivity index (χ4n) is 3.76. The topological polar surface area (TPSA) is 110 Å². The van der Waals surface area contributed by atoms with Gasteiger partial charge in [0.2, 0.25) is 15.9 Å². The zero-order chi connectivity index (χ0) is 23.5. The second-order valence-electron chi connectivity index (χ2n) is 7.87. The lowest BCUT2D eigenvalue weighted by molar-refractivity contribution is -0.384. The van der Waals surface area contributed by atoms with Crippen molar-refractivity contribution in [3.05, 3.63) is 68.7 Å². The van der Waals surface area contributed by atoms with Gasteiger partial charge in [-0.2, -0.15) is 4.31 Å². The Bertz CT molecular complexity index is 1100.